The maximum absolute atomic E-state index is 11.6. The van der Waals surface area contributed by atoms with E-state index in [1.807, 2.05) is 31.2 Å². The molecule has 2 rings (SSSR count). The summed E-state index contributed by atoms with van der Waals surface area (Å²) in [5.41, 5.74) is 4.79. The minimum absolute atomic E-state index is 0.331. The Kier molecular flexibility index (Phi) is 4.49. The topological polar surface area (TPSA) is 73.6 Å². The van der Waals surface area contributed by atoms with Crippen molar-refractivity contribution in [1.29, 1.82) is 0 Å². The largest absolute Gasteiger partial charge is 0.497 e. The van der Waals surface area contributed by atoms with Crippen molar-refractivity contribution in [2.24, 2.45) is 5.73 Å². The molecule has 1 unspecified atom stereocenters. The molecule has 1 fully saturated rings. The van der Waals surface area contributed by atoms with Gasteiger partial charge in [-0.25, -0.2) is 0 Å². The standard InChI is InChI=1S/C15H22N2O3/c1-15(14(16)18,17-11-3-4-11)9-10-20-13-7-5-12(19-2)6-8-13/h5-8,11,17H,3-4,9-10H2,1-2H3,(H2,16,18). The van der Waals surface area contributed by atoms with Crippen LogP contribution in [0.5, 0.6) is 11.5 Å². The van der Waals surface area contributed by atoms with E-state index in [1.165, 1.54) is 0 Å². The lowest BCUT2D eigenvalue weighted by atomic mass is 9.97. The second-order valence-corrected chi connectivity index (χ2v) is 5.39. The van der Waals surface area contributed by atoms with Crippen LogP contribution in [0.4, 0.5) is 0 Å². The van der Waals surface area contributed by atoms with E-state index >= 15 is 0 Å². The van der Waals surface area contributed by atoms with E-state index in [0.29, 0.717) is 19.1 Å². The summed E-state index contributed by atoms with van der Waals surface area (Å²) in [6.45, 7) is 2.27. The molecular formula is C15H22N2O3. The molecule has 0 aliphatic heterocycles. The minimum Gasteiger partial charge on any atom is -0.497 e. The third-order valence-corrected chi connectivity index (χ3v) is 3.57. The van der Waals surface area contributed by atoms with Crippen molar-refractivity contribution >= 4 is 5.91 Å². The summed E-state index contributed by atoms with van der Waals surface area (Å²) < 4.78 is 10.7. The fraction of sp³-hybridized carbons (Fsp3) is 0.533. The highest BCUT2D eigenvalue weighted by Gasteiger charge is 2.36. The Morgan fingerprint density at radius 3 is 2.45 bits per heavy atom. The smallest absolute Gasteiger partial charge is 0.237 e. The first-order valence-electron chi connectivity index (χ1n) is 6.88. The molecular weight excluding hydrogens is 256 g/mol. The summed E-state index contributed by atoms with van der Waals surface area (Å²) in [7, 11) is 1.62. The van der Waals surface area contributed by atoms with Gasteiger partial charge in [-0.1, -0.05) is 0 Å². The maximum atomic E-state index is 11.6. The molecule has 0 heterocycles. The number of ether oxygens (including phenoxy) is 2. The predicted octanol–water partition coefficient (Wildman–Crippen LogP) is 1.46. The molecule has 0 aromatic heterocycles. The van der Waals surface area contributed by atoms with Gasteiger partial charge < -0.3 is 20.5 Å². The summed E-state index contributed by atoms with van der Waals surface area (Å²) in [5.74, 6) is 1.21. The van der Waals surface area contributed by atoms with Crippen LogP contribution in [0.3, 0.4) is 0 Å². The molecule has 1 atom stereocenters. The molecule has 3 N–H and O–H groups in total. The SMILES string of the molecule is COc1ccc(OCCC(C)(NC2CC2)C(N)=O)cc1. The lowest BCUT2D eigenvalue weighted by molar-refractivity contribution is -0.124. The number of carbonyl (C=O) groups is 1. The molecule has 1 aromatic rings. The molecule has 5 nitrogen and oxygen atoms in total. The number of hydrogen-bond donors (Lipinski definition) is 2. The van der Waals surface area contributed by atoms with Crippen LogP contribution in [-0.4, -0.2) is 31.2 Å². The molecule has 110 valence electrons. The van der Waals surface area contributed by atoms with Gasteiger partial charge in [0.1, 0.15) is 11.5 Å². The van der Waals surface area contributed by atoms with Crippen LogP contribution in [0.15, 0.2) is 24.3 Å². The van der Waals surface area contributed by atoms with Gasteiger partial charge in [0.25, 0.3) is 0 Å². The highest BCUT2D eigenvalue weighted by molar-refractivity contribution is 5.84. The number of benzene rings is 1. The van der Waals surface area contributed by atoms with Gasteiger partial charge >= 0.3 is 0 Å². The Hall–Kier alpha value is -1.75. The van der Waals surface area contributed by atoms with Crippen LogP contribution in [0, 0.1) is 0 Å². The molecule has 0 saturated heterocycles. The molecule has 1 aliphatic carbocycles. The van der Waals surface area contributed by atoms with Gasteiger partial charge in [-0.15, -0.1) is 0 Å². The minimum atomic E-state index is -0.701. The van der Waals surface area contributed by atoms with Crippen molar-refractivity contribution in [3.05, 3.63) is 24.3 Å². The zero-order valence-electron chi connectivity index (χ0n) is 12.0. The summed E-state index contributed by atoms with van der Waals surface area (Å²) >= 11 is 0. The van der Waals surface area contributed by atoms with Gasteiger partial charge in [0, 0.05) is 12.5 Å². The Labute approximate surface area is 119 Å². The van der Waals surface area contributed by atoms with Gasteiger partial charge in [0.2, 0.25) is 5.91 Å². The second-order valence-electron chi connectivity index (χ2n) is 5.39. The monoisotopic (exact) mass is 278 g/mol. The van der Waals surface area contributed by atoms with Gasteiger partial charge in [-0.05, 0) is 44.0 Å². The Bertz CT molecular complexity index is 457. The third kappa shape index (κ3) is 3.87. The summed E-state index contributed by atoms with van der Waals surface area (Å²) in [6, 6.07) is 7.79. The molecule has 5 heteroatoms. The predicted molar refractivity (Wildman–Crippen MR) is 76.9 cm³/mol. The van der Waals surface area contributed by atoms with Crippen LogP contribution in [0.25, 0.3) is 0 Å². The average molecular weight is 278 g/mol. The first-order valence-corrected chi connectivity index (χ1v) is 6.88. The van der Waals surface area contributed by atoms with Crippen LogP contribution in [0.2, 0.25) is 0 Å². The van der Waals surface area contributed by atoms with Crippen molar-refractivity contribution in [2.75, 3.05) is 13.7 Å². The summed E-state index contributed by atoms with van der Waals surface area (Å²) in [5, 5.41) is 3.30. The van der Waals surface area contributed by atoms with E-state index in [-0.39, 0.29) is 5.91 Å². The van der Waals surface area contributed by atoms with Crippen LogP contribution < -0.4 is 20.5 Å². The number of hydrogen-bond acceptors (Lipinski definition) is 4. The fourth-order valence-electron chi connectivity index (χ4n) is 1.99. The lowest BCUT2D eigenvalue weighted by Gasteiger charge is -2.27. The maximum Gasteiger partial charge on any atom is 0.237 e. The zero-order chi connectivity index (χ0) is 14.6. The van der Waals surface area contributed by atoms with Crippen molar-refractivity contribution in [3.63, 3.8) is 0 Å². The number of nitrogens with one attached hydrogen (secondary N) is 1. The quantitative estimate of drug-likeness (QED) is 0.755. The number of carbonyl (C=O) groups excluding carboxylic acids is 1. The third-order valence-electron chi connectivity index (χ3n) is 3.57. The number of nitrogens with two attached hydrogens (primary N) is 1. The van der Waals surface area contributed by atoms with Gasteiger partial charge in [-0.2, -0.15) is 0 Å². The molecule has 0 spiro atoms. The molecule has 1 amide bonds. The Morgan fingerprint density at radius 2 is 1.95 bits per heavy atom. The lowest BCUT2D eigenvalue weighted by Crippen LogP contribution is -2.54. The number of amides is 1. The molecule has 20 heavy (non-hydrogen) atoms. The number of rotatable bonds is 8. The van der Waals surface area contributed by atoms with E-state index in [9.17, 15) is 4.79 Å². The number of methoxy groups -OCH3 is 1. The van der Waals surface area contributed by atoms with Crippen molar-refractivity contribution in [1.82, 2.24) is 5.32 Å². The fourth-order valence-corrected chi connectivity index (χ4v) is 1.99. The molecule has 0 radical (unpaired) electrons. The van der Waals surface area contributed by atoms with Gasteiger partial charge in [0.15, 0.2) is 0 Å². The molecule has 1 saturated carbocycles. The normalized spacial score (nSPS) is 17.3. The van der Waals surface area contributed by atoms with Gasteiger partial charge in [-0.3, -0.25) is 4.79 Å². The molecule has 1 aromatic carbocycles. The van der Waals surface area contributed by atoms with E-state index in [4.69, 9.17) is 15.2 Å². The highest BCUT2D eigenvalue weighted by Crippen LogP contribution is 2.24. The average Bonchev–Trinajstić information content (AvgIpc) is 3.23. The highest BCUT2D eigenvalue weighted by atomic mass is 16.5. The van der Waals surface area contributed by atoms with Crippen molar-refractivity contribution in [2.45, 2.75) is 37.8 Å². The Morgan fingerprint density at radius 1 is 1.35 bits per heavy atom. The first-order chi connectivity index (χ1) is 9.53. The summed E-state index contributed by atoms with van der Waals surface area (Å²) in [6.07, 6.45) is 2.77. The Balaban J connectivity index is 1.84. The second kappa shape index (κ2) is 6.13. The molecule has 1 aliphatic rings. The number of primary amides is 1. The van der Waals surface area contributed by atoms with E-state index < -0.39 is 5.54 Å². The summed E-state index contributed by atoms with van der Waals surface area (Å²) in [4.78, 5) is 11.6. The van der Waals surface area contributed by atoms with Crippen molar-refractivity contribution in [3.8, 4) is 11.5 Å². The van der Waals surface area contributed by atoms with E-state index in [1.54, 1.807) is 7.11 Å². The molecule has 0 bridgehead atoms. The van der Waals surface area contributed by atoms with Crippen LogP contribution in [0.1, 0.15) is 26.2 Å². The van der Waals surface area contributed by atoms with Crippen LogP contribution >= 0.6 is 0 Å². The first kappa shape index (κ1) is 14.7. The zero-order valence-corrected chi connectivity index (χ0v) is 12.0. The van der Waals surface area contributed by atoms with E-state index in [0.717, 1.165) is 24.3 Å². The van der Waals surface area contributed by atoms with E-state index in [2.05, 4.69) is 5.32 Å². The van der Waals surface area contributed by atoms with Gasteiger partial charge in [0.05, 0.1) is 19.3 Å². The van der Waals surface area contributed by atoms with Crippen molar-refractivity contribution < 1.29 is 14.3 Å². The van der Waals surface area contributed by atoms with Crippen LogP contribution in [-0.2, 0) is 4.79 Å².